The minimum Gasteiger partial charge on any atom is -0.377 e. The molecule has 0 radical (unpaired) electrons. The lowest BCUT2D eigenvalue weighted by atomic mass is 10.3. The van der Waals surface area contributed by atoms with Gasteiger partial charge in [-0.25, -0.2) is 0 Å². The van der Waals surface area contributed by atoms with Crippen molar-refractivity contribution in [3.05, 3.63) is 0 Å². The van der Waals surface area contributed by atoms with Gasteiger partial charge in [-0.15, -0.1) is 0 Å². The summed E-state index contributed by atoms with van der Waals surface area (Å²) in [4.78, 5) is 11.4. The van der Waals surface area contributed by atoms with Crippen molar-refractivity contribution >= 4 is 22.8 Å². The monoisotopic (exact) mass is 218 g/mol. The van der Waals surface area contributed by atoms with Crippen LogP contribution in [0.15, 0.2) is 5.10 Å². The lowest BCUT2D eigenvalue weighted by Gasteiger charge is -2.10. The largest absolute Gasteiger partial charge is 0.377 e. The Balaban J connectivity index is 3.76. The quantitative estimate of drug-likeness (QED) is 0.202. The second kappa shape index (κ2) is 7.49. The van der Waals surface area contributed by atoms with Gasteiger partial charge in [0, 0.05) is 6.54 Å². The smallest absolute Gasteiger partial charge is 0.233 e. The highest BCUT2D eigenvalue weighted by atomic mass is 32.2. The first kappa shape index (κ1) is 13.1. The molecule has 1 amide bonds. The van der Waals surface area contributed by atoms with Crippen LogP contribution in [0.3, 0.4) is 0 Å². The molecule has 0 saturated carbocycles. The molecule has 0 aromatic heterocycles. The minimum atomic E-state index is -0.251. The Labute approximate surface area is 88.7 Å². The molecule has 0 aliphatic rings. The van der Waals surface area contributed by atoms with Crippen molar-refractivity contribution in [3.8, 4) is 0 Å². The number of nitrogens with two attached hydrogens (primary N) is 2. The van der Waals surface area contributed by atoms with Crippen molar-refractivity contribution < 1.29 is 4.79 Å². The highest BCUT2D eigenvalue weighted by molar-refractivity contribution is 8.14. The molecule has 5 nitrogen and oxygen atoms in total. The van der Waals surface area contributed by atoms with Crippen molar-refractivity contribution in [2.75, 3.05) is 6.54 Å². The summed E-state index contributed by atoms with van der Waals surface area (Å²) >= 11 is 1.16. The Morgan fingerprint density at radius 2 is 2.29 bits per heavy atom. The summed E-state index contributed by atoms with van der Waals surface area (Å²) in [6.07, 6.45) is 2.05. The van der Waals surface area contributed by atoms with E-state index in [0.717, 1.165) is 24.6 Å². The zero-order chi connectivity index (χ0) is 11.0. The number of carbonyl (C=O) groups is 1. The molecular weight excluding hydrogens is 200 g/mol. The maximum absolute atomic E-state index is 11.4. The summed E-state index contributed by atoms with van der Waals surface area (Å²) in [7, 11) is 0. The van der Waals surface area contributed by atoms with Crippen LogP contribution in [0, 0.1) is 0 Å². The molecule has 82 valence electrons. The van der Waals surface area contributed by atoms with Gasteiger partial charge < -0.3 is 16.9 Å². The lowest BCUT2D eigenvalue weighted by molar-refractivity contribution is -0.120. The third-order valence-electron chi connectivity index (χ3n) is 1.62. The van der Waals surface area contributed by atoms with Crippen LogP contribution in [-0.4, -0.2) is 22.9 Å². The summed E-state index contributed by atoms with van der Waals surface area (Å²) in [6, 6.07) is 0. The molecule has 6 heteroatoms. The first-order valence-electron chi connectivity index (χ1n) is 4.59. The second-order valence-electron chi connectivity index (χ2n) is 2.87. The number of amides is 1. The van der Waals surface area contributed by atoms with E-state index in [1.54, 1.807) is 6.92 Å². The normalized spacial score (nSPS) is 13.7. The first-order chi connectivity index (χ1) is 6.61. The highest BCUT2D eigenvalue weighted by Crippen LogP contribution is 2.09. The second-order valence-corrected chi connectivity index (χ2v) is 4.23. The van der Waals surface area contributed by atoms with Gasteiger partial charge >= 0.3 is 0 Å². The van der Waals surface area contributed by atoms with E-state index in [0.29, 0.717) is 6.54 Å². The molecule has 14 heavy (non-hydrogen) atoms. The average Bonchev–Trinajstić information content (AvgIpc) is 2.17. The Morgan fingerprint density at radius 3 is 2.79 bits per heavy atom. The predicted molar refractivity (Wildman–Crippen MR) is 60.8 cm³/mol. The van der Waals surface area contributed by atoms with Crippen molar-refractivity contribution in [1.82, 2.24) is 5.32 Å². The van der Waals surface area contributed by atoms with Gasteiger partial charge in [-0.05, 0) is 13.3 Å². The fourth-order valence-electron chi connectivity index (χ4n) is 0.797. The number of carbonyl (C=O) groups excluding carboxylic acids is 1. The number of nitrogens with zero attached hydrogens (tertiary/aromatic N) is 1. The zero-order valence-corrected chi connectivity index (χ0v) is 9.43. The third kappa shape index (κ3) is 5.69. The highest BCUT2D eigenvalue weighted by Gasteiger charge is 2.14. The molecule has 1 unspecified atom stereocenters. The third-order valence-corrected chi connectivity index (χ3v) is 2.54. The molecule has 1 atom stereocenters. The van der Waals surface area contributed by atoms with Crippen LogP contribution in [0.25, 0.3) is 0 Å². The van der Waals surface area contributed by atoms with E-state index in [1.807, 2.05) is 0 Å². The maximum Gasteiger partial charge on any atom is 0.233 e. The molecule has 0 aromatic rings. The Kier molecular flexibility index (Phi) is 7.00. The molecule has 0 aliphatic carbocycles. The van der Waals surface area contributed by atoms with Crippen LogP contribution >= 0.6 is 11.8 Å². The van der Waals surface area contributed by atoms with Gasteiger partial charge in [0.25, 0.3) is 0 Å². The molecule has 0 aromatic carbocycles. The molecule has 0 saturated heterocycles. The average molecular weight is 218 g/mol. The number of hydrazone groups is 1. The van der Waals surface area contributed by atoms with Crippen molar-refractivity contribution in [1.29, 1.82) is 0 Å². The Hall–Kier alpha value is -0.910. The van der Waals surface area contributed by atoms with E-state index >= 15 is 0 Å². The van der Waals surface area contributed by atoms with Gasteiger partial charge in [0.2, 0.25) is 5.91 Å². The van der Waals surface area contributed by atoms with Crippen LogP contribution in [0.1, 0.15) is 26.7 Å². The molecule has 0 aliphatic heterocycles. The Bertz CT molecular complexity index is 208. The van der Waals surface area contributed by atoms with Crippen molar-refractivity contribution in [2.45, 2.75) is 31.9 Å². The standard InChI is InChI=1S/C8H18N4OS/c1-3-4-5-11-7(13)6(2)14-8(9)12-10/h6H,3-5,10H2,1-2H3,(H2,9,12)(H,11,13). The topological polar surface area (TPSA) is 93.5 Å². The summed E-state index contributed by atoms with van der Waals surface area (Å²) in [5.74, 6) is 4.92. The zero-order valence-electron chi connectivity index (χ0n) is 8.62. The molecule has 0 fully saturated rings. The van der Waals surface area contributed by atoms with Gasteiger partial charge in [0.05, 0.1) is 5.25 Å². The van der Waals surface area contributed by atoms with Gasteiger partial charge in [0.1, 0.15) is 0 Å². The number of unbranched alkanes of at least 4 members (excludes halogenated alkanes) is 1. The number of amidine groups is 1. The van der Waals surface area contributed by atoms with Crippen molar-refractivity contribution in [3.63, 3.8) is 0 Å². The maximum atomic E-state index is 11.4. The van der Waals surface area contributed by atoms with E-state index in [2.05, 4.69) is 17.3 Å². The van der Waals surface area contributed by atoms with E-state index in [4.69, 9.17) is 11.6 Å². The van der Waals surface area contributed by atoms with Gasteiger partial charge in [-0.3, -0.25) is 4.79 Å². The fourth-order valence-corrected chi connectivity index (χ4v) is 1.41. The van der Waals surface area contributed by atoms with E-state index < -0.39 is 0 Å². The van der Waals surface area contributed by atoms with Crippen LogP contribution in [0.4, 0.5) is 0 Å². The number of hydrogen-bond donors (Lipinski definition) is 3. The van der Waals surface area contributed by atoms with Crippen LogP contribution < -0.4 is 16.9 Å². The summed E-state index contributed by atoms with van der Waals surface area (Å²) < 4.78 is 0. The molecule has 0 heterocycles. The van der Waals surface area contributed by atoms with Gasteiger partial charge in [0.15, 0.2) is 5.17 Å². The number of hydrogen-bond acceptors (Lipinski definition) is 4. The molecule has 5 N–H and O–H groups in total. The Morgan fingerprint density at radius 1 is 1.64 bits per heavy atom. The molecule has 0 bridgehead atoms. The SMILES string of the molecule is CCCCNC(=O)C(C)SC(N)=NN. The summed E-state index contributed by atoms with van der Waals surface area (Å²) in [5.41, 5.74) is 5.37. The van der Waals surface area contributed by atoms with Crippen LogP contribution in [0.2, 0.25) is 0 Å². The number of rotatable bonds is 5. The van der Waals surface area contributed by atoms with E-state index in [9.17, 15) is 4.79 Å². The lowest BCUT2D eigenvalue weighted by Crippen LogP contribution is -2.33. The summed E-state index contributed by atoms with van der Waals surface area (Å²) in [6.45, 7) is 4.55. The summed E-state index contributed by atoms with van der Waals surface area (Å²) in [5, 5.41) is 6.06. The molecule has 0 rings (SSSR count). The number of nitrogens with one attached hydrogen (secondary N) is 1. The fraction of sp³-hybridized carbons (Fsp3) is 0.750. The van der Waals surface area contributed by atoms with Gasteiger partial charge in [-0.2, -0.15) is 5.10 Å². The van der Waals surface area contributed by atoms with Crippen LogP contribution in [-0.2, 0) is 4.79 Å². The van der Waals surface area contributed by atoms with E-state index in [1.165, 1.54) is 0 Å². The first-order valence-corrected chi connectivity index (χ1v) is 5.47. The van der Waals surface area contributed by atoms with Crippen molar-refractivity contribution in [2.24, 2.45) is 16.7 Å². The molecule has 0 spiro atoms. The molecular formula is C8H18N4OS. The minimum absolute atomic E-state index is 0.0324. The van der Waals surface area contributed by atoms with Gasteiger partial charge in [-0.1, -0.05) is 25.1 Å². The van der Waals surface area contributed by atoms with Crippen LogP contribution in [0.5, 0.6) is 0 Å². The number of thioether (sulfide) groups is 1. The predicted octanol–water partition coefficient (Wildman–Crippen LogP) is 0.213. The van der Waals surface area contributed by atoms with E-state index in [-0.39, 0.29) is 16.3 Å².